The smallest absolute Gasteiger partial charge is 0.122 e. The van der Waals surface area contributed by atoms with E-state index < -0.39 is 0 Å². The highest BCUT2D eigenvalue weighted by Crippen LogP contribution is 2.19. The van der Waals surface area contributed by atoms with Gasteiger partial charge in [0.05, 0.1) is 11.4 Å². The van der Waals surface area contributed by atoms with Crippen LogP contribution in [0.4, 0.5) is 0 Å². The standard InChI is InChI=1S/C13H14N2O/c1-2-11-12(15-8-7-14-11)9-10-5-3-4-6-13(10)16/h3-9,15-16H,2H2,1H3. The summed E-state index contributed by atoms with van der Waals surface area (Å²) in [4.78, 5) is 4.28. The van der Waals surface area contributed by atoms with Crippen LogP contribution >= 0.6 is 0 Å². The molecule has 2 N–H and O–H groups in total. The molecule has 0 amide bonds. The Balaban J connectivity index is 2.35. The van der Waals surface area contributed by atoms with Crippen LogP contribution in [0.15, 0.2) is 47.4 Å². The normalized spacial score (nSPS) is 17.1. The Morgan fingerprint density at radius 3 is 2.94 bits per heavy atom. The molecule has 16 heavy (non-hydrogen) atoms. The first-order valence-corrected chi connectivity index (χ1v) is 5.29. The number of hydrogen-bond acceptors (Lipinski definition) is 3. The molecule has 3 heteroatoms. The molecule has 0 saturated heterocycles. The summed E-state index contributed by atoms with van der Waals surface area (Å²) < 4.78 is 0. The number of aromatic hydroxyl groups is 1. The summed E-state index contributed by atoms with van der Waals surface area (Å²) in [7, 11) is 0. The lowest BCUT2D eigenvalue weighted by Crippen LogP contribution is -2.17. The van der Waals surface area contributed by atoms with Crippen LogP contribution in [0.1, 0.15) is 18.9 Å². The number of nitrogens with zero attached hydrogens (tertiary/aromatic N) is 1. The molecule has 1 aliphatic heterocycles. The zero-order chi connectivity index (χ0) is 11.4. The minimum Gasteiger partial charge on any atom is -0.507 e. The molecule has 0 fully saturated rings. The number of allylic oxidation sites excluding steroid dienone is 1. The number of para-hydroxylation sites is 1. The van der Waals surface area contributed by atoms with Crippen LogP contribution in [0, 0.1) is 0 Å². The van der Waals surface area contributed by atoms with Gasteiger partial charge in [-0.05, 0) is 18.6 Å². The minimum atomic E-state index is 0.279. The fourth-order valence-electron chi connectivity index (χ4n) is 1.58. The third kappa shape index (κ3) is 2.14. The minimum absolute atomic E-state index is 0.279. The lowest BCUT2D eigenvalue weighted by Gasteiger charge is -2.12. The lowest BCUT2D eigenvalue weighted by atomic mass is 10.1. The number of rotatable bonds is 2. The number of nitrogens with one attached hydrogen (secondary N) is 1. The first-order valence-electron chi connectivity index (χ1n) is 5.29. The summed E-state index contributed by atoms with van der Waals surface area (Å²) in [6.45, 7) is 2.05. The quantitative estimate of drug-likeness (QED) is 0.795. The van der Waals surface area contributed by atoms with E-state index in [1.807, 2.05) is 18.2 Å². The number of aliphatic imine (C=N–C) groups is 1. The Bertz CT molecular complexity index is 473. The van der Waals surface area contributed by atoms with Gasteiger partial charge in [-0.2, -0.15) is 0 Å². The molecule has 0 atom stereocenters. The highest BCUT2D eigenvalue weighted by atomic mass is 16.3. The second-order valence-corrected chi connectivity index (χ2v) is 3.51. The van der Waals surface area contributed by atoms with Gasteiger partial charge in [-0.1, -0.05) is 25.1 Å². The van der Waals surface area contributed by atoms with Crippen LogP contribution in [0.2, 0.25) is 0 Å². The van der Waals surface area contributed by atoms with Crippen molar-refractivity contribution in [1.29, 1.82) is 0 Å². The number of phenols is 1. The topological polar surface area (TPSA) is 44.6 Å². The van der Waals surface area contributed by atoms with Gasteiger partial charge in [-0.25, -0.2) is 0 Å². The number of benzene rings is 1. The molecular formula is C13H14N2O. The van der Waals surface area contributed by atoms with Crippen molar-refractivity contribution in [2.24, 2.45) is 4.99 Å². The Labute approximate surface area is 94.8 Å². The maximum Gasteiger partial charge on any atom is 0.122 e. The highest BCUT2D eigenvalue weighted by molar-refractivity contribution is 6.04. The second-order valence-electron chi connectivity index (χ2n) is 3.51. The van der Waals surface area contributed by atoms with E-state index in [9.17, 15) is 5.11 Å². The molecule has 2 rings (SSSR count). The predicted octanol–water partition coefficient (Wildman–Crippen LogP) is 2.66. The number of hydrogen-bond donors (Lipinski definition) is 2. The molecule has 82 valence electrons. The molecular weight excluding hydrogens is 200 g/mol. The van der Waals surface area contributed by atoms with Crippen molar-refractivity contribution in [2.45, 2.75) is 13.3 Å². The van der Waals surface area contributed by atoms with Crippen molar-refractivity contribution in [3.05, 3.63) is 47.9 Å². The van der Waals surface area contributed by atoms with Crippen molar-refractivity contribution < 1.29 is 5.11 Å². The maximum absolute atomic E-state index is 9.67. The van der Waals surface area contributed by atoms with Gasteiger partial charge in [0.1, 0.15) is 5.75 Å². The van der Waals surface area contributed by atoms with E-state index in [4.69, 9.17) is 0 Å². The number of phenolic OH excluding ortho intramolecular Hbond substituents is 1. The van der Waals surface area contributed by atoms with Gasteiger partial charge >= 0.3 is 0 Å². The first-order chi connectivity index (χ1) is 7.81. The Morgan fingerprint density at radius 1 is 1.38 bits per heavy atom. The first kappa shape index (κ1) is 10.5. The van der Waals surface area contributed by atoms with Gasteiger partial charge in [-0.15, -0.1) is 0 Å². The molecule has 0 aliphatic carbocycles. The average molecular weight is 214 g/mol. The largest absolute Gasteiger partial charge is 0.507 e. The second kappa shape index (κ2) is 4.66. The Morgan fingerprint density at radius 2 is 2.19 bits per heavy atom. The molecule has 1 aliphatic rings. The van der Waals surface area contributed by atoms with E-state index in [1.165, 1.54) is 0 Å². The predicted molar refractivity (Wildman–Crippen MR) is 66.1 cm³/mol. The highest BCUT2D eigenvalue weighted by Gasteiger charge is 2.07. The average Bonchev–Trinajstić information content (AvgIpc) is 2.33. The fraction of sp³-hybridized carbons (Fsp3) is 0.154. The summed E-state index contributed by atoms with van der Waals surface area (Å²) in [6.07, 6.45) is 6.28. The Kier molecular flexibility index (Phi) is 3.05. The molecule has 1 aromatic rings. The molecule has 3 nitrogen and oxygen atoms in total. The zero-order valence-electron chi connectivity index (χ0n) is 9.14. The van der Waals surface area contributed by atoms with Crippen LogP contribution in [0.5, 0.6) is 5.75 Å². The van der Waals surface area contributed by atoms with E-state index in [0.29, 0.717) is 0 Å². The summed E-state index contributed by atoms with van der Waals surface area (Å²) >= 11 is 0. The van der Waals surface area contributed by atoms with Crippen LogP contribution in [-0.2, 0) is 0 Å². The van der Waals surface area contributed by atoms with Crippen molar-refractivity contribution in [1.82, 2.24) is 5.32 Å². The molecule has 1 aromatic carbocycles. The van der Waals surface area contributed by atoms with Gasteiger partial charge in [-0.3, -0.25) is 4.99 Å². The monoisotopic (exact) mass is 214 g/mol. The molecule has 0 aromatic heterocycles. The van der Waals surface area contributed by atoms with Crippen LogP contribution in [-0.4, -0.2) is 10.8 Å². The SMILES string of the molecule is CCC1=NC=CNC1=Cc1ccccc1O. The molecule has 0 saturated carbocycles. The van der Waals surface area contributed by atoms with Crippen molar-refractivity contribution in [3.8, 4) is 5.75 Å². The Hall–Kier alpha value is -2.03. The summed E-state index contributed by atoms with van der Waals surface area (Å²) in [5, 5.41) is 12.8. The van der Waals surface area contributed by atoms with E-state index in [2.05, 4.69) is 17.2 Å². The van der Waals surface area contributed by atoms with Gasteiger partial charge in [0.15, 0.2) is 0 Å². The van der Waals surface area contributed by atoms with Gasteiger partial charge in [0, 0.05) is 18.0 Å². The van der Waals surface area contributed by atoms with Crippen molar-refractivity contribution in [3.63, 3.8) is 0 Å². The fourth-order valence-corrected chi connectivity index (χ4v) is 1.58. The third-order valence-corrected chi connectivity index (χ3v) is 2.43. The van der Waals surface area contributed by atoms with Crippen LogP contribution < -0.4 is 5.32 Å². The summed E-state index contributed by atoms with van der Waals surface area (Å²) in [5.41, 5.74) is 2.72. The van der Waals surface area contributed by atoms with Crippen molar-refractivity contribution >= 4 is 11.8 Å². The molecule has 0 unspecified atom stereocenters. The van der Waals surface area contributed by atoms with E-state index in [0.717, 1.165) is 23.4 Å². The van der Waals surface area contributed by atoms with E-state index in [-0.39, 0.29) is 5.75 Å². The van der Waals surface area contributed by atoms with Crippen LogP contribution in [0.25, 0.3) is 6.08 Å². The summed E-state index contributed by atoms with van der Waals surface area (Å²) in [5.74, 6) is 0.279. The molecule has 0 spiro atoms. The maximum atomic E-state index is 9.67. The zero-order valence-corrected chi connectivity index (χ0v) is 9.14. The summed E-state index contributed by atoms with van der Waals surface area (Å²) in [6, 6.07) is 7.25. The third-order valence-electron chi connectivity index (χ3n) is 2.43. The van der Waals surface area contributed by atoms with Gasteiger partial charge < -0.3 is 10.4 Å². The van der Waals surface area contributed by atoms with E-state index in [1.54, 1.807) is 24.5 Å². The molecule has 0 bridgehead atoms. The van der Waals surface area contributed by atoms with Crippen molar-refractivity contribution in [2.75, 3.05) is 0 Å². The van der Waals surface area contributed by atoms with E-state index >= 15 is 0 Å². The van der Waals surface area contributed by atoms with Gasteiger partial charge in [0.2, 0.25) is 0 Å². The van der Waals surface area contributed by atoms with Gasteiger partial charge in [0.25, 0.3) is 0 Å². The van der Waals surface area contributed by atoms with Crippen LogP contribution in [0.3, 0.4) is 0 Å². The molecule has 0 radical (unpaired) electrons. The lowest BCUT2D eigenvalue weighted by molar-refractivity contribution is 0.474. The molecule has 1 heterocycles.